The molecule has 0 aliphatic rings. The van der Waals surface area contributed by atoms with Gasteiger partial charge in [0.25, 0.3) is 0 Å². The topological polar surface area (TPSA) is 55.8 Å². The van der Waals surface area contributed by atoms with Crippen molar-refractivity contribution in [1.82, 2.24) is 0 Å². The molecular formula is C13H20IO4P. The molecule has 0 saturated carbocycles. The van der Waals surface area contributed by atoms with Gasteiger partial charge in [-0.15, -0.1) is 0 Å². The molecule has 0 fully saturated rings. The van der Waals surface area contributed by atoms with Crippen LogP contribution in [-0.4, -0.2) is 17.3 Å². The second-order valence-electron chi connectivity index (χ2n) is 4.74. The van der Waals surface area contributed by atoms with Crippen LogP contribution in [0.5, 0.6) is 0 Å². The average molecular weight is 398 g/mol. The van der Waals surface area contributed by atoms with Crippen LogP contribution in [0.15, 0.2) is 24.3 Å². The Morgan fingerprint density at radius 1 is 1.11 bits per heavy atom. The molecule has 1 aromatic rings. The predicted octanol–water partition coefficient (Wildman–Crippen LogP) is 4.33. The molecule has 108 valence electrons. The molecular weight excluding hydrogens is 378 g/mol. The van der Waals surface area contributed by atoms with Gasteiger partial charge in [0.15, 0.2) is 5.85 Å². The fraction of sp³-hybridized carbons (Fsp3) is 0.538. The normalized spacial score (nSPS) is 14.1. The van der Waals surface area contributed by atoms with E-state index < -0.39 is 13.4 Å². The van der Waals surface area contributed by atoms with Crippen LogP contribution in [0.4, 0.5) is 0 Å². The van der Waals surface area contributed by atoms with Crippen LogP contribution in [0.3, 0.4) is 0 Å². The summed E-state index contributed by atoms with van der Waals surface area (Å²) in [5, 5.41) is 10.4. The molecule has 1 N–H and O–H groups in total. The Balaban J connectivity index is 3.11. The number of hydrogen-bond acceptors (Lipinski definition) is 4. The van der Waals surface area contributed by atoms with Crippen molar-refractivity contribution in [2.45, 2.75) is 45.7 Å². The molecule has 19 heavy (non-hydrogen) atoms. The van der Waals surface area contributed by atoms with Crippen LogP contribution >= 0.6 is 30.2 Å². The molecule has 1 rings (SSSR count). The van der Waals surface area contributed by atoms with Crippen LogP contribution in [0.2, 0.25) is 0 Å². The highest BCUT2D eigenvalue weighted by molar-refractivity contribution is 14.1. The minimum atomic E-state index is -3.62. The smallest absolute Gasteiger partial charge is 0.363 e. The zero-order valence-corrected chi connectivity index (χ0v) is 14.6. The van der Waals surface area contributed by atoms with Crippen molar-refractivity contribution in [3.63, 3.8) is 0 Å². The first-order valence-electron chi connectivity index (χ1n) is 6.15. The highest BCUT2D eigenvalue weighted by Gasteiger charge is 2.38. The molecule has 6 heteroatoms. The van der Waals surface area contributed by atoms with Gasteiger partial charge in [-0.3, -0.25) is 4.57 Å². The van der Waals surface area contributed by atoms with E-state index in [4.69, 9.17) is 9.05 Å². The van der Waals surface area contributed by atoms with E-state index in [1.165, 1.54) is 0 Å². The molecule has 0 aliphatic heterocycles. The number of benzene rings is 1. The molecule has 0 spiro atoms. The third kappa shape index (κ3) is 4.83. The van der Waals surface area contributed by atoms with Gasteiger partial charge < -0.3 is 14.2 Å². The Labute approximate surface area is 128 Å². The van der Waals surface area contributed by atoms with Crippen LogP contribution < -0.4 is 0 Å². The molecule has 1 aromatic carbocycles. The number of hydrogen-bond donors (Lipinski definition) is 1. The SMILES string of the molecule is CC(C)OP(=O)(OC(C)C)[C@H](O)c1ccccc1I. The average Bonchev–Trinajstić information content (AvgIpc) is 2.26. The molecule has 0 aliphatic carbocycles. The number of aliphatic hydroxyl groups is 1. The monoisotopic (exact) mass is 398 g/mol. The standard InChI is InChI=1S/C13H20IO4P/c1-9(2)17-19(16,18-10(3)4)13(15)11-7-5-6-8-12(11)14/h5-10,13,15H,1-4H3/t13-/m0/s1. The summed E-state index contributed by atoms with van der Waals surface area (Å²) >= 11 is 2.09. The maximum atomic E-state index is 12.8. The van der Waals surface area contributed by atoms with Crippen molar-refractivity contribution in [1.29, 1.82) is 0 Å². The van der Waals surface area contributed by atoms with Gasteiger partial charge in [-0.05, 0) is 56.4 Å². The van der Waals surface area contributed by atoms with E-state index in [-0.39, 0.29) is 12.2 Å². The maximum Gasteiger partial charge on any atom is 0.363 e. The Hall–Kier alpha value is 0.0600. The number of rotatable bonds is 6. The first-order chi connectivity index (χ1) is 8.76. The van der Waals surface area contributed by atoms with E-state index in [0.717, 1.165) is 3.57 Å². The molecule has 0 saturated heterocycles. The quantitative estimate of drug-likeness (QED) is 0.573. The Morgan fingerprint density at radius 2 is 1.58 bits per heavy atom. The number of aliphatic hydroxyl groups excluding tert-OH is 1. The van der Waals surface area contributed by atoms with Crippen molar-refractivity contribution >= 4 is 30.2 Å². The first kappa shape index (κ1) is 17.1. The zero-order chi connectivity index (χ0) is 14.6. The summed E-state index contributed by atoms with van der Waals surface area (Å²) in [7, 11) is -3.62. The lowest BCUT2D eigenvalue weighted by atomic mass is 10.2. The third-order valence-electron chi connectivity index (χ3n) is 2.20. The van der Waals surface area contributed by atoms with Gasteiger partial charge in [0.1, 0.15) is 0 Å². The highest BCUT2D eigenvalue weighted by atomic mass is 127. The van der Waals surface area contributed by atoms with Crippen LogP contribution in [0.25, 0.3) is 0 Å². The molecule has 1 atom stereocenters. The first-order valence-corrected chi connectivity index (χ1v) is 8.84. The summed E-state index contributed by atoms with van der Waals surface area (Å²) in [6, 6.07) is 7.21. The molecule has 0 unspecified atom stereocenters. The Bertz CT molecular complexity index is 448. The van der Waals surface area contributed by atoms with Gasteiger partial charge in [-0.2, -0.15) is 0 Å². The molecule has 0 heterocycles. The van der Waals surface area contributed by atoms with Gasteiger partial charge in [-0.1, -0.05) is 18.2 Å². The van der Waals surface area contributed by atoms with E-state index in [2.05, 4.69) is 22.6 Å². The fourth-order valence-corrected chi connectivity index (χ4v) is 4.53. The Morgan fingerprint density at radius 3 is 2.00 bits per heavy atom. The van der Waals surface area contributed by atoms with Gasteiger partial charge in [0, 0.05) is 9.13 Å². The lowest BCUT2D eigenvalue weighted by Crippen LogP contribution is -2.14. The third-order valence-corrected chi connectivity index (χ3v) is 5.49. The predicted molar refractivity (Wildman–Crippen MR) is 84.2 cm³/mol. The van der Waals surface area contributed by atoms with E-state index in [1.807, 2.05) is 12.1 Å². The molecule has 0 amide bonds. The van der Waals surface area contributed by atoms with Crippen LogP contribution in [-0.2, 0) is 13.6 Å². The van der Waals surface area contributed by atoms with Gasteiger partial charge in [0.2, 0.25) is 0 Å². The summed E-state index contributed by atoms with van der Waals surface area (Å²) < 4.78 is 24.4. The maximum absolute atomic E-state index is 12.8. The van der Waals surface area contributed by atoms with E-state index in [9.17, 15) is 9.67 Å². The lowest BCUT2D eigenvalue weighted by molar-refractivity contribution is 0.101. The van der Waals surface area contributed by atoms with Crippen LogP contribution in [0.1, 0.15) is 39.1 Å². The van der Waals surface area contributed by atoms with Crippen molar-refractivity contribution in [3.05, 3.63) is 33.4 Å². The summed E-state index contributed by atoms with van der Waals surface area (Å²) in [5.74, 6) is -1.27. The van der Waals surface area contributed by atoms with Crippen molar-refractivity contribution in [2.24, 2.45) is 0 Å². The minimum absolute atomic E-state index is 0.291. The van der Waals surface area contributed by atoms with Gasteiger partial charge >= 0.3 is 7.60 Å². The van der Waals surface area contributed by atoms with E-state index >= 15 is 0 Å². The van der Waals surface area contributed by atoms with Crippen molar-refractivity contribution in [2.75, 3.05) is 0 Å². The molecule has 0 aromatic heterocycles. The molecule has 0 radical (unpaired) electrons. The minimum Gasteiger partial charge on any atom is -0.376 e. The van der Waals surface area contributed by atoms with Crippen molar-refractivity contribution in [3.8, 4) is 0 Å². The lowest BCUT2D eigenvalue weighted by Gasteiger charge is -2.27. The molecule has 4 nitrogen and oxygen atoms in total. The number of halogens is 1. The Kier molecular flexibility index (Phi) is 6.47. The fourth-order valence-electron chi connectivity index (χ4n) is 1.58. The van der Waals surface area contributed by atoms with Crippen molar-refractivity contribution < 1.29 is 18.7 Å². The van der Waals surface area contributed by atoms with Gasteiger partial charge in [0.05, 0.1) is 12.2 Å². The summed E-state index contributed by atoms with van der Waals surface area (Å²) in [4.78, 5) is 0. The van der Waals surface area contributed by atoms with E-state index in [0.29, 0.717) is 5.56 Å². The summed E-state index contributed by atoms with van der Waals surface area (Å²) in [6.07, 6.45) is -0.582. The largest absolute Gasteiger partial charge is 0.376 e. The van der Waals surface area contributed by atoms with Crippen LogP contribution in [0, 0.1) is 3.57 Å². The molecule has 0 bridgehead atoms. The highest BCUT2D eigenvalue weighted by Crippen LogP contribution is 2.61. The van der Waals surface area contributed by atoms with E-state index in [1.54, 1.807) is 39.8 Å². The second kappa shape index (κ2) is 7.18. The van der Waals surface area contributed by atoms with Gasteiger partial charge in [-0.25, -0.2) is 0 Å². The second-order valence-corrected chi connectivity index (χ2v) is 7.90. The summed E-state index contributed by atoms with van der Waals surface area (Å²) in [5.41, 5.74) is 0.563. The zero-order valence-electron chi connectivity index (χ0n) is 11.5. The summed E-state index contributed by atoms with van der Waals surface area (Å²) in [6.45, 7) is 7.05.